The summed E-state index contributed by atoms with van der Waals surface area (Å²) in [5, 5.41) is 18.6. The maximum atomic E-state index is 9.63. The number of phenolic OH excluding ortho intramolecular Hbond substituents is 1. The number of rotatable bonds is 2. The third-order valence-corrected chi connectivity index (χ3v) is 4.35. The molecule has 0 saturated carbocycles. The highest BCUT2D eigenvalue weighted by Crippen LogP contribution is 2.32. The fourth-order valence-electron chi connectivity index (χ4n) is 2.62. The van der Waals surface area contributed by atoms with E-state index < -0.39 is 0 Å². The van der Waals surface area contributed by atoms with Crippen molar-refractivity contribution in [1.82, 2.24) is 15.1 Å². The number of aryl methyl sites for hydroxylation is 1. The lowest BCUT2D eigenvalue weighted by molar-refractivity contribution is 0.312. The molecular weight excluding hydrogens is 300 g/mol. The van der Waals surface area contributed by atoms with Crippen LogP contribution < -0.4 is 4.90 Å². The Kier molecular flexibility index (Phi) is 4.18. The zero-order valence-corrected chi connectivity index (χ0v) is 13.5. The second-order valence-corrected chi connectivity index (χ2v) is 6.09. The van der Waals surface area contributed by atoms with Gasteiger partial charge in [0.1, 0.15) is 5.75 Å². The molecule has 0 atom stereocenters. The van der Waals surface area contributed by atoms with Gasteiger partial charge >= 0.3 is 0 Å². The summed E-state index contributed by atoms with van der Waals surface area (Å²) in [6.07, 6.45) is 0. The molecule has 6 heteroatoms. The van der Waals surface area contributed by atoms with Crippen LogP contribution in [-0.4, -0.2) is 53.4 Å². The molecule has 1 aromatic heterocycles. The van der Waals surface area contributed by atoms with Crippen molar-refractivity contribution in [1.29, 1.82) is 0 Å². The number of piperazine rings is 1. The lowest BCUT2D eigenvalue weighted by Gasteiger charge is -2.32. The summed E-state index contributed by atoms with van der Waals surface area (Å²) in [6.45, 7) is 5.93. The fourth-order valence-corrected chi connectivity index (χ4v) is 2.78. The molecule has 116 valence electrons. The van der Waals surface area contributed by atoms with Crippen LogP contribution in [0.25, 0.3) is 11.3 Å². The lowest BCUT2D eigenvalue weighted by atomic mass is 10.1. The predicted octanol–water partition coefficient (Wildman–Crippen LogP) is 2.56. The van der Waals surface area contributed by atoms with E-state index in [2.05, 4.69) is 27.0 Å². The SMILES string of the molecule is Cc1cc(O)c(Cl)cc1-c1ccc(N2CCN(C)CC2)nn1. The molecule has 2 heterocycles. The molecule has 1 aromatic carbocycles. The maximum absolute atomic E-state index is 9.63. The summed E-state index contributed by atoms with van der Waals surface area (Å²) in [6, 6.07) is 7.32. The molecule has 1 aliphatic heterocycles. The highest BCUT2D eigenvalue weighted by atomic mass is 35.5. The number of halogens is 1. The topological polar surface area (TPSA) is 52.5 Å². The summed E-state index contributed by atoms with van der Waals surface area (Å²) in [7, 11) is 2.13. The van der Waals surface area contributed by atoms with Crippen LogP contribution in [0.2, 0.25) is 5.02 Å². The Morgan fingerprint density at radius 1 is 1.09 bits per heavy atom. The molecule has 1 saturated heterocycles. The summed E-state index contributed by atoms with van der Waals surface area (Å²) in [5.74, 6) is 0.990. The minimum absolute atomic E-state index is 0.0879. The second-order valence-electron chi connectivity index (χ2n) is 5.69. The highest BCUT2D eigenvalue weighted by Gasteiger charge is 2.16. The molecule has 1 N–H and O–H groups in total. The number of anilines is 1. The van der Waals surface area contributed by atoms with Gasteiger partial charge in [-0.3, -0.25) is 0 Å². The molecule has 22 heavy (non-hydrogen) atoms. The van der Waals surface area contributed by atoms with E-state index in [4.69, 9.17) is 11.6 Å². The Morgan fingerprint density at radius 2 is 1.82 bits per heavy atom. The van der Waals surface area contributed by atoms with Gasteiger partial charge < -0.3 is 14.9 Å². The van der Waals surface area contributed by atoms with Crippen LogP contribution >= 0.6 is 11.6 Å². The number of aromatic nitrogens is 2. The van der Waals surface area contributed by atoms with Crippen molar-refractivity contribution in [3.8, 4) is 17.0 Å². The second kappa shape index (κ2) is 6.10. The van der Waals surface area contributed by atoms with Crippen molar-refractivity contribution in [2.24, 2.45) is 0 Å². The van der Waals surface area contributed by atoms with Gasteiger partial charge in [-0.2, -0.15) is 0 Å². The standard InChI is InChI=1S/C16H19ClN4O/c1-11-9-15(22)13(17)10-12(11)14-3-4-16(19-18-14)21-7-5-20(2)6-8-21/h3-4,9-10,22H,5-8H2,1-2H3. The van der Waals surface area contributed by atoms with Gasteiger partial charge in [-0.25, -0.2) is 0 Å². The van der Waals surface area contributed by atoms with Gasteiger partial charge in [0.15, 0.2) is 5.82 Å². The molecule has 0 amide bonds. The molecule has 3 rings (SSSR count). The zero-order chi connectivity index (χ0) is 15.7. The van der Waals surface area contributed by atoms with Crippen LogP contribution in [-0.2, 0) is 0 Å². The predicted molar refractivity (Wildman–Crippen MR) is 88.6 cm³/mol. The number of aromatic hydroxyl groups is 1. The Morgan fingerprint density at radius 3 is 2.45 bits per heavy atom. The Bertz CT molecular complexity index is 667. The third-order valence-electron chi connectivity index (χ3n) is 4.05. The summed E-state index contributed by atoms with van der Waals surface area (Å²) in [4.78, 5) is 4.55. The van der Waals surface area contributed by atoms with Crippen LogP contribution in [0.3, 0.4) is 0 Å². The van der Waals surface area contributed by atoms with Crippen LogP contribution in [0.4, 0.5) is 5.82 Å². The Labute approximate surface area is 135 Å². The van der Waals surface area contributed by atoms with Gasteiger partial charge in [0.05, 0.1) is 10.7 Å². The number of phenols is 1. The van der Waals surface area contributed by atoms with E-state index in [1.54, 1.807) is 12.1 Å². The van der Waals surface area contributed by atoms with Crippen molar-refractivity contribution in [3.05, 3.63) is 34.9 Å². The van der Waals surface area contributed by atoms with Gasteiger partial charge in [0, 0.05) is 31.7 Å². The summed E-state index contributed by atoms with van der Waals surface area (Å²) in [5.41, 5.74) is 2.57. The largest absolute Gasteiger partial charge is 0.506 e. The first kappa shape index (κ1) is 15.1. The Hall–Kier alpha value is -1.85. The summed E-state index contributed by atoms with van der Waals surface area (Å²) >= 11 is 5.99. The third kappa shape index (κ3) is 3.00. The first-order chi connectivity index (χ1) is 10.5. The lowest BCUT2D eigenvalue weighted by Crippen LogP contribution is -2.44. The molecule has 1 aliphatic rings. The van der Waals surface area contributed by atoms with Gasteiger partial charge in [-0.1, -0.05) is 11.6 Å². The average molecular weight is 319 g/mol. The van der Waals surface area contributed by atoms with Crippen LogP contribution in [0.1, 0.15) is 5.56 Å². The fraction of sp³-hybridized carbons (Fsp3) is 0.375. The molecule has 0 unspecified atom stereocenters. The van der Waals surface area contributed by atoms with Crippen LogP contribution in [0.5, 0.6) is 5.75 Å². The minimum atomic E-state index is 0.0879. The normalized spacial score (nSPS) is 16.0. The average Bonchev–Trinajstić information content (AvgIpc) is 2.52. The van der Waals surface area contributed by atoms with E-state index in [1.807, 2.05) is 19.1 Å². The smallest absolute Gasteiger partial charge is 0.151 e. The first-order valence-electron chi connectivity index (χ1n) is 7.31. The van der Waals surface area contributed by atoms with Crippen molar-refractivity contribution < 1.29 is 5.11 Å². The number of hydrogen-bond donors (Lipinski definition) is 1. The molecule has 2 aromatic rings. The minimum Gasteiger partial charge on any atom is -0.506 e. The quantitative estimate of drug-likeness (QED) is 0.922. The number of benzene rings is 1. The van der Waals surface area contributed by atoms with Crippen molar-refractivity contribution >= 4 is 17.4 Å². The molecule has 5 nitrogen and oxygen atoms in total. The molecule has 0 aliphatic carbocycles. The molecule has 0 bridgehead atoms. The van der Waals surface area contributed by atoms with Crippen LogP contribution in [0, 0.1) is 6.92 Å². The van der Waals surface area contributed by atoms with Gasteiger partial charge in [0.2, 0.25) is 0 Å². The monoisotopic (exact) mass is 318 g/mol. The van der Waals surface area contributed by atoms with Crippen molar-refractivity contribution in [3.63, 3.8) is 0 Å². The van der Waals surface area contributed by atoms with E-state index in [9.17, 15) is 5.11 Å². The number of nitrogens with zero attached hydrogens (tertiary/aromatic N) is 4. The van der Waals surface area contributed by atoms with Gasteiger partial charge in [0.25, 0.3) is 0 Å². The van der Waals surface area contributed by atoms with E-state index in [1.165, 1.54) is 0 Å². The van der Waals surface area contributed by atoms with Gasteiger partial charge in [-0.05, 0) is 43.8 Å². The van der Waals surface area contributed by atoms with E-state index in [0.717, 1.165) is 48.8 Å². The molecule has 0 spiro atoms. The zero-order valence-electron chi connectivity index (χ0n) is 12.8. The van der Waals surface area contributed by atoms with E-state index in [-0.39, 0.29) is 5.75 Å². The first-order valence-corrected chi connectivity index (χ1v) is 7.69. The maximum Gasteiger partial charge on any atom is 0.151 e. The summed E-state index contributed by atoms with van der Waals surface area (Å²) < 4.78 is 0. The molecular formula is C16H19ClN4O. The van der Waals surface area contributed by atoms with Crippen molar-refractivity contribution in [2.45, 2.75) is 6.92 Å². The highest BCUT2D eigenvalue weighted by molar-refractivity contribution is 6.32. The van der Waals surface area contributed by atoms with E-state index in [0.29, 0.717) is 5.02 Å². The number of likely N-dealkylation sites (N-methyl/N-ethyl adjacent to an activating group) is 1. The molecule has 1 fully saturated rings. The van der Waals surface area contributed by atoms with E-state index >= 15 is 0 Å². The number of hydrogen-bond acceptors (Lipinski definition) is 5. The van der Waals surface area contributed by atoms with Crippen molar-refractivity contribution in [2.75, 3.05) is 38.1 Å². The van der Waals surface area contributed by atoms with Gasteiger partial charge in [-0.15, -0.1) is 10.2 Å². The van der Waals surface area contributed by atoms with Crippen LogP contribution in [0.15, 0.2) is 24.3 Å². The molecule has 0 radical (unpaired) electrons. The Balaban J connectivity index is 1.84.